The van der Waals surface area contributed by atoms with Crippen molar-refractivity contribution in [3.8, 4) is 0 Å². The van der Waals surface area contributed by atoms with Gasteiger partial charge in [-0.2, -0.15) is 4.91 Å². The maximum atomic E-state index is 10.4. The minimum atomic E-state index is -0.378. The highest BCUT2D eigenvalue weighted by atomic mass is 16.3. The molecular weight excluding hydrogens is 164 g/mol. The van der Waals surface area contributed by atoms with E-state index in [1.54, 1.807) is 0 Å². The van der Waals surface area contributed by atoms with E-state index in [0.717, 1.165) is 13.0 Å². The predicted molar refractivity (Wildman–Crippen MR) is 54.8 cm³/mol. The fraction of sp³-hybridized carbons (Fsp3) is 1.00. The first-order valence-corrected chi connectivity index (χ1v) is 5.21. The van der Waals surface area contributed by atoms with Crippen LogP contribution in [-0.2, 0) is 0 Å². The monoisotopic (exact) mass is 184 g/mol. The van der Waals surface area contributed by atoms with Gasteiger partial charge in [-0.1, -0.05) is 11.6 Å². The number of likely N-dealkylation sites (tertiary alicyclic amines) is 1. The zero-order valence-electron chi connectivity index (χ0n) is 8.75. The first-order valence-electron chi connectivity index (χ1n) is 5.21. The van der Waals surface area contributed by atoms with Crippen molar-refractivity contribution in [3.63, 3.8) is 0 Å². The second-order valence-corrected chi connectivity index (χ2v) is 4.56. The molecule has 1 heterocycles. The molecule has 0 aromatic rings. The van der Waals surface area contributed by atoms with Gasteiger partial charge in [-0.25, -0.2) is 0 Å². The maximum absolute atomic E-state index is 10.4. The normalized spacial score (nSPS) is 20.2. The summed E-state index contributed by atoms with van der Waals surface area (Å²) in [5.74, 6) is 0. The van der Waals surface area contributed by atoms with E-state index in [2.05, 4.69) is 10.1 Å². The minimum Gasteiger partial charge on any atom is -0.303 e. The first kappa shape index (κ1) is 10.6. The summed E-state index contributed by atoms with van der Waals surface area (Å²) in [4.78, 5) is 12.9. The fourth-order valence-corrected chi connectivity index (χ4v) is 1.66. The molecule has 13 heavy (non-hydrogen) atoms. The van der Waals surface area contributed by atoms with Crippen molar-refractivity contribution in [3.05, 3.63) is 4.91 Å². The average Bonchev–Trinajstić information content (AvgIpc) is 2.17. The van der Waals surface area contributed by atoms with Gasteiger partial charge in [-0.3, -0.25) is 0 Å². The molecule has 76 valence electrons. The lowest BCUT2D eigenvalue weighted by Gasteiger charge is -2.28. The van der Waals surface area contributed by atoms with Crippen LogP contribution in [0.2, 0.25) is 0 Å². The molecule has 0 spiro atoms. The van der Waals surface area contributed by atoms with Crippen molar-refractivity contribution in [2.75, 3.05) is 19.6 Å². The van der Waals surface area contributed by atoms with Gasteiger partial charge >= 0.3 is 0 Å². The van der Waals surface area contributed by atoms with Gasteiger partial charge in [0.05, 0.1) is 5.54 Å². The second kappa shape index (κ2) is 4.70. The van der Waals surface area contributed by atoms with Gasteiger partial charge < -0.3 is 4.90 Å². The molecule has 1 aliphatic heterocycles. The Kier molecular flexibility index (Phi) is 3.85. The first-order chi connectivity index (χ1) is 6.14. The van der Waals surface area contributed by atoms with E-state index in [-0.39, 0.29) is 5.54 Å². The van der Waals surface area contributed by atoms with Crippen molar-refractivity contribution in [2.45, 2.75) is 45.1 Å². The van der Waals surface area contributed by atoms with Crippen molar-refractivity contribution in [2.24, 2.45) is 5.18 Å². The van der Waals surface area contributed by atoms with Gasteiger partial charge in [-0.05, 0) is 46.2 Å². The van der Waals surface area contributed by atoms with Crippen LogP contribution < -0.4 is 0 Å². The summed E-state index contributed by atoms with van der Waals surface area (Å²) >= 11 is 0. The fourth-order valence-electron chi connectivity index (χ4n) is 1.66. The molecule has 3 heteroatoms. The summed E-state index contributed by atoms with van der Waals surface area (Å²) in [5.41, 5.74) is -0.378. The van der Waals surface area contributed by atoms with E-state index in [0.29, 0.717) is 0 Å². The standard InChI is InChI=1S/C10H20N2O/c1-10(2,11-13)6-9-12-7-4-3-5-8-12/h3-9H2,1-2H3. The van der Waals surface area contributed by atoms with E-state index < -0.39 is 0 Å². The van der Waals surface area contributed by atoms with Gasteiger partial charge in [0.1, 0.15) is 0 Å². The molecule has 0 unspecified atom stereocenters. The number of nitroso groups, excluding NO2 is 1. The predicted octanol–water partition coefficient (Wildman–Crippen LogP) is 2.41. The Balaban J connectivity index is 2.20. The number of nitrogens with zero attached hydrogens (tertiary/aromatic N) is 2. The molecule has 3 nitrogen and oxygen atoms in total. The summed E-state index contributed by atoms with van der Waals surface area (Å²) in [6, 6.07) is 0. The van der Waals surface area contributed by atoms with Crippen molar-refractivity contribution < 1.29 is 0 Å². The van der Waals surface area contributed by atoms with Gasteiger partial charge in [-0.15, -0.1) is 0 Å². The highest BCUT2D eigenvalue weighted by Crippen LogP contribution is 2.16. The lowest BCUT2D eigenvalue weighted by atomic mass is 10.0. The zero-order valence-corrected chi connectivity index (χ0v) is 8.75. The molecule has 0 aliphatic carbocycles. The van der Waals surface area contributed by atoms with E-state index >= 15 is 0 Å². The van der Waals surface area contributed by atoms with Gasteiger partial charge in [0.15, 0.2) is 0 Å². The van der Waals surface area contributed by atoms with E-state index in [1.165, 1.54) is 32.4 Å². The largest absolute Gasteiger partial charge is 0.303 e. The maximum Gasteiger partial charge on any atom is 0.0982 e. The molecule has 1 aliphatic rings. The smallest absolute Gasteiger partial charge is 0.0982 e. The van der Waals surface area contributed by atoms with Crippen LogP contribution in [0.5, 0.6) is 0 Å². The highest BCUT2D eigenvalue weighted by molar-refractivity contribution is 4.78. The summed E-state index contributed by atoms with van der Waals surface area (Å²) in [6.45, 7) is 7.25. The average molecular weight is 184 g/mol. The number of piperidine rings is 1. The minimum absolute atomic E-state index is 0.378. The van der Waals surface area contributed by atoms with Crippen molar-refractivity contribution in [1.82, 2.24) is 4.90 Å². The molecule has 0 saturated carbocycles. The number of rotatable bonds is 4. The molecule has 0 bridgehead atoms. The summed E-state index contributed by atoms with van der Waals surface area (Å²) in [5, 5.41) is 3.13. The SMILES string of the molecule is CC(C)(CCN1CCCCC1)N=O. The Morgan fingerprint density at radius 1 is 1.23 bits per heavy atom. The van der Waals surface area contributed by atoms with Crippen LogP contribution in [-0.4, -0.2) is 30.1 Å². The summed E-state index contributed by atoms with van der Waals surface area (Å²) < 4.78 is 0. The Morgan fingerprint density at radius 3 is 2.38 bits per heavy atom. The van der Waals surface area contributed by atoms with E-state index in [1.807, 2.05) is 13.8 Å². The Bertz CT molecular complexity index is 162. The molecule has 0 N–H and O–H groups in total. The van der Waals surface area contributed by atoms with Crippen LogP contribution in [0.1, 0.15) is 39.5 Å². The van der Waals surface area contributed by atoms with Crippen LogP contribution in [0.15, 0.2) is 5.18 Å². The van der Waals surface area contributed by atoms with Gasteiger partial charge in [0.2, 0.25) is 0 Å². The molecule has 0 aromatic heterocycles. The zero-order chi connectivity index (χ0) is 9.73. The van der Waals surface area contributed by atoms with Crippen molar-refractivity contribution >= 4 is 0 Å². The summed E-state index contributed by atoms with van der Waals surface area (Å²) in [7, 11) is 0. The molecule has 1 fully saturated rings. The Hall–Kier alpha value is -0.440. The third kappa shape index (κ3) is 3.85. The molecule has 0 aromatic carbocycles. The lowest BCUT2D eigenvalue weighted by molar-refractivity contribution is 0.211. The van der Waals surface area contributed by atoms with E-state index in [4.69, 9.17) is 0 Å². The van der Waals surface area contributed by atoms with Crippen LogP contribution >= 0.6 is 0 Å². The quantitative estimate of drug-likeness (QED) is 0.628. The number of hydrogen-bond acceptors (Lipinski definition) is 3. The third-order valence-corrected chi connectivity index (χ3v) is 2.74. The molecular formula is C10H20N2O. The van der Waals surface area contributed by atoms with Crippen LogP contribution in [0.25, 0.3) is 0 Å². The topological polar surface area (TPSA) is 32.7 Å². The number of hydrogen-bond donors (Lipinski definition) is 0. The van der Waals surface area contributed by atoms with E-state index in [9.17, 15) is 4.91 Å². The third-order valence-electron chi connectivity index (χ3n) is 2.74. The Labute approximate surface area is 80.5 Å². The van der Waals surface area contributed by atoms with Crippen molar-refractivity contribution in [1.29, 1.82) is 0 Å². The second-order valence-electron chi connectivity index (χ2n) is 4.56. The lowest BCUT2D eigenvalue weighted by Crippen LogP contribution is -2.34. The highest BCUT2D eigenvalue weighted by Gasteiger charge is 2.20. The molecule has 0 radical (unpaired) electrons. The van der Waals surface area contributed by atoms with Crippen LogP contribution in [0, 0.1) is 4.91 Å². The molecule has 0 amide bonds. The molecule has 0 atom stereocenters. The van der Waals surface area contributed by atoms with Crippen LogP contribution in [0.3, 0.4) is 0 Å². The Morgan fingerprint density at radius 2 is 1.85 bits per heavy atom. The summed E-state index contributed by atoms with van der Waals surface area (Å²) in [6.07, 6.45) is 4.88. The molecule has 1 saturated heterocycles. The van der Waals surface area contributed by atoms with Crippen LogP contribution in [0.4, 0.5) is 0 Å². The van der Waals surface area contributed by atoms with Gasteiger partial charge in [0, 0.05) is 6.54 Å². The molecule has 1 rings (SSSR count). The van der Waals surface area contributed by atoms with Gasteiger partial charge in [0.25, 0.3) is 0 Å².